The molecule has 1 aromatic rings. The molecule has 1 fully saturated rings. The SMILES string of the molecule is Cc1ccc(C)c(CC2CNC(C)(C)CO2)c1. The van der Waals surface area contributed by atoms with E-state index in [1.807, 2.05) is 0 Å². The molecular formula is C15H23NO. The van der Waals surface area contributed by atoms with E-state index in [1.54, 1.807) is 0 Å². The summed E-state index contributed by atoms with van der Waals surface area (Å²) in [6, 6.07) is 6.64. The van der Waals surface area contributed by atoms with Crippen molar-refractivity contribution in [3.05, 3.63) is 34.9 Å². The fourth-order valence-corrected chi connectivity index (χ4v) is 2.22. The molecule has 0 aromatic heterocycles. The van der Waals surface area contributed by atoms with Gasteiger partial charge < -0.3 is 10.1 Å². The monoisotopic (exact) mass is 233 g/mol. The second-order valence-corrected chi connectivity index (χ2v) is 5.83. The van der Waals surface area contributed by atoms with Crippen molar-refractivity contribution in [3.63, 3.8) is 0 Å². The molecule has 0 amide bonds. The first-order valence-electron chi connectivity index (χ1n) is 6.39. The van der Waals surface area contributed by atoms with Crippen molar-refractivity contribution in [1.82, 2.24) is 5.32 Å². The number of ether oxygens (including phenoxy) is 1. The van der Waals surface area contributed by atoms with E-state index in [4.69, 9.17) is 4.74 Å². The van der Waals surface area contributed by atoms with E-state index in [0.717, 1.165) is 19.6 Å². The first-order valence-corrected chi connectivity index (χ1v) is 6.39. The molecule has 1 aromatic carbocycles. The highest BCUT2D eigenvalue weighted by Gasteiger charge is 2.26. The Labute approximate surface area is 104 Å². The van der Waals surface area contributed by atoms with Gasteiger partial charge in [-0.25, -0.2) is 0 Å². The molecule has 1 aliphatic rings. The molecular weight excluding hydrogens is 210 g/mol. The maximum absolute atomic E-state index is 5.93. The lowest BCUT2D eigenvalue weighted by molar-refractivity contribution is -0.0207. The molecule has 0 spiro atoms. The van der Waals surface area contributed by atoms with Gasteiger partial charge in [0.25, 0.3) is 0 Å². The number of rotatable bonds is 2. The minimum atomic E-state index is 0.123. The van der Waals surface area contributed by atoms with Gasteiger partial charge in [-0.2, -0.15) is 0 Å². The molecule has 0 saturated carbocycles. The number of hydrogen-bond acceptors (Lipinski definition) is 2. The normalized spacial score (nSPS) is 23.6. The zero-order valence-corrected chi connectivity index (χ0v) is 11.3. The quantitative estimate of drug-likeness (QED) is 0.848. The van der Waals surface area contributed by atoms with E-state index in [0.29, 0.717) is 6.10 Å². The van der Waals surface area contributed by atoms with Gasteiger partial charge in [0.05, 0.1) is 12.7 Å². The molecule has 1 aliphatic heterocycles. The van der Waals surface area contributed by atoms with E-state index in [2.05, 4.69) is 51.2 Å². The van der Waals surface area contributed by atoms with Crippen LogP contribution in [0.4, 0.5) is 0 Å². The fourth-order valence-electron chi connectivity index (χ4n) is 2.22. The molecule has 2 rings (SSSR count). The van der Waals surface area contributed by atoms with E-state index < -0.39 is 0 Å². The summed E-state index contributed by atoms with van der Waals surface area (Å²) >= 11 is 0. The van der Waals surface area contributed by atoms with E-state index in [9.17, 15) is 0 Å². The van der Waals surface area contributed by atoms with Gasteiger partial charge in [0.1, 0.15) is 0 Å². The molecule has 0 aliphatic carbocycles. The molecule has 1 atom stereocenters. The molecule has 1 heterocycles. The van der Waals surface area contributed by atoms with Crippen LogP contribution < -0.4 is 5.32 Å². The fraction of sp³-hybridized carbons (Fsp3) is 0.600. The van der Waals surface area contributed by atoms with Gasteiger partial charge in [0.15, 0.2) is 0 Å². The summed E-state index contributed by atoms with van der Waals surface area (Å²) in [7, 11) is 0. The predicted octanol–water partition coefficient (Wildman–Crippen LogP) is 2.61. The van der Waals surface area contributed by atoms with Gasteiger partial charge in [0, 0.05) is 18.5 Å². The van der Waals surface area contributed by atoms with Crippen LogP contribution in [-0.4, -0.2) is 24.8 Å². The first-order chi connectivity index (χ1) is 7.96. The molecule has 0 radical (unpaired) electrons. The average molecular weight is 233 g/mol. The van der Waals surface area contributed by atoms with Crippen molar-refractivity contribution in [3.8, 4) is 0 Å². The Balaban J connectivity index is 2.00. The summed E-state index contributed by atoms with van der Waals surface area (Å²) in [4.78, 5) is 0. The van der Waals surface area contributed by atoms with Crippen molar-refractivity contribution in [1.29, 1.82) is 0 Å². The van der Waals surface area contributed by atoms with Gasteiger partial charge >= 0.3 is 0 Å². The molecule has 2 nitrogen and oxygen atoms in total. The average Bonchev–Trinajstić information content (AvgIpc) is 2.26. The van der Waals surface area contributed by atoms with Gasteiger partial charge in [-0.1, -0.05) is 23.8 Å². The third kappa shape index (κ3) is 3.30. The summed E-state index contributed by atoms with van der Waals surface area (Å²) in [5, 5.41) is 3.54. The van der Waals surface area contributed by atoms with Crippen LogP contribution >= 0.6 is 0 Å². The van der Waals surface area contributed by atoms with Gasteiger partial charge in [-0.05, 0) is 38.8 Å². The molecule has 0 bridgehead atoms. The first kappa shape index (κ1) is 12.6. The van der Waals surface area contributed by atoms with Crippen LogP contribution in [0.3, 0.4) is 0 Å². The highest BCUT2D eigenvalue weighted by Crippen LogP contribution is 2.17. The lowest BCUT2D eigenvalue weighted by atomic mass is 9.97. The van der Waals surface area contributed by atoms with Crippen LogP contribution in [0.25, 0.3) is 0 Å². The number of hydrogen-bond donors (Lipinski definition) is 1. The van der Waals surface area contributed by atoms with Crippen molar-refractivity contribution in [2.75, 3.05) is 13.2 Å². The Hall–Kier alpha value is -0.860. The summed E-state index contributed by atoms with van der Waals surface area (Å²) < 4.78 is 5.93. The van der Waals surface area contributed by atoms with Gasteiger partial charge in [-0.3, -0.25) is 0 Å². The molecule has 2 heteroatoms. The number of nitrogens with one attached hydrogen (secondary N) is 1. The second-order valence-electron chi connectivity index (χ2n) is 5.83. The van der Waals surface area contributed by atoms with Crippen LogP contribution in [0.2, 0.25) is 0 Å². The van der Waals surface area contributed by atoms with E-state index >= 15 is 0 Å². The molecule has 1 N–H and O–H groups in total. The van der Waals surface area contributed by atoms with Crippen molar-refractivity contribution < 1.29 is 4.74 Å². The highest BCUT2D eigenvalue weighted by molar-refractivity contribution is 5.31. The zero-order chi connectivity index (χ0) is 12.5. The maximum Gasteiger partial charge on any atom is 0.0740 e. The topological polar surface area (TPSA) is 21.3 Å². The Kier molecular flexibility index (Phi) is 3.55. The lowest BCUT2D eigenvalue weighted by Gasteiger charge is -2.36. The molecule has 1 saturated heterocycles. The third-order valence-corrected chi connectivity index (χ3v) is 3.44. The smallest absolute Gasteiger partial charge is 0.0740 e. The van der Waals surface area contributed by atoms with Crippen molar-refractivity contribution >= 4 is 0 Å². The Morgan fingerprint density at radius 1 is 1.35 bits per heavy atom. The van der Waals surface area contributed by atoms with Crippen LogP contribution in [0.5, 0.6) is 0 Å². The van der Waals surface area contributed by atoms with Crippen LogP contribution in [0, 0.1) is 13.8 Å². The summed E-state index contributed by atoms with van der Waals surface area (Å²) in [5.74, 6) is 0. The highest BCUT2D eigenvalue weighted by atomic mass is 16.5. The standard InChI is InChI=1S/C15H23NO/c1-11-5-6-12(2)13(7-11)8-14-9-16-15(3,4)10-17-14/h5-7,14,16H,8-10H2,1-4H3. The summed E-state index contributed by atoms with van der Waals surface area (Å²) in [6.07, 6.45) is 1.32. The zero-order valence-electron chi connectivity index (χ0n) is 11.3. The summed E-state index contributed by atoms with van der Waals surface area (Å²) in [6.45, 7) is 10.4. The summed E-state index contributed by atoms with van der Waals surface area (Å²) in [5.41, 5.74) is 4.23. The van der Waals surface area contributed by atoms with Gasteiger partial charge in [0.2, 0.25) is 0 Å². The minimum Gasteiger partial charge on any atom is -0.375 e. The lowest BCUT2D eigenvalue weighted by Crippen LogP contribution is -2.53. The number of aryl methyl sites for hydroxylation is 2. The van der Waals surface area contributed by atoms with Crippen LogP contribution in [0.15, 0.2) is 18.2 Å². The second kappa shape index (κ2) is 4.79. The number of benzene rings is 1. The van der Waals surface area contributed by atoms with E-state index in [1.165, 1.54) is 16.7 Å². The Morgan fingerprint density at radius 3 is 2.76 bits per heavy atom. The predicted molar refractivity (Wildman–Crippen MR) is 71.4 cm³/mol. The molecule has 17 heavy (non-hydrogen) atoms. The van der Waals surface area contributed by atoms with Crippen LogP contribution in [0.1, 0.15) is 30.5 Å². The largest absolute Gasteiger partial charge is 0.375 e. The van der Waals surface area contributed by atoms with Crippen molar-refractivity contribution in [2.45, 2.75) is 45.8 Å². The van der Waals surface area contributed by atoms with Crippen molar-refractivity contribution in [2.24, 2.45) is 0 Å². The van der Waals surface area contributed by atoms with Gasteiger partial charge in [-0.15, -0.1) is 0 Å². The third-order valence-electron chi connectivity index (χ3n) is 3.44. The Morgan fingerprint density at radius 2 is 2.12 bits per heavy atom. The molecule has 94 valence electrons. The van der Waals surface area contributed by atoms with Crippen LogP contribution in [-0.2, 0) is 11.2 Å². The minimum absolute atomic E-state index is 0.123. The molecule has 1 unspecified atom stereocenters. The Bertz CT molecular complexity index is 388. The maximum atomic E-state index is 5.93. The van der Waals surface area contributed by atoms with E-state index in [-0.39, 0.29) is 5.54 Å². The number of morpholine rings is 1.